The van der Waals surface area contributed by atoms with Gasteiger partial charge in [-0.25, -0.2) is 0 Å². The molecule has 0 aromatic rings. The van der Waals surface area contributed by atoms with Crippen molar-refractivity contribution in [2.24, 2.45) is 21.7 Å². The molecule has 1 rings (SSSR count). The molecule has 5 atom stereocenters. The van der Waals surface area contributed by atoms with Gasteiger partial charge in [0.25, 0.3) is 0 Å². The van der Waals surface area contributed by atoms with Gasteiger partial charge >= 0.3 is 23.9 Å². The Hall–Kier alpha value is -1.91. The van der Waals surface area contributed by atoms with Gasteiger partial charge in [-0.2, -0.15) is 0 Å². The Bertz CT molecular complexity index is 967. The standard InChI is InChI=1S/C34H59ClO10/c1-31(2,3)27(36)41-21-22-23(43-28(37)32(4,5)6)24(44-29(38)33(7,8)9)25(45-30(39)34(10,11)12)26(42-22)40-20-18-16-14-13-15-17-19-35/h22-26H,13-21H2,1-12H3/t22-,23+,24+,25-,26-/m1/s1. The predicted molar refractivity (Wildman–Crippen MR) is 171 cm³/mol. The molecule has 11 heteroatoms. The van der Waals surface area contributed by atoms with Crippen molar-refractivity contribution in [3.63, 3.8) is 0 Å². The first-order valence-electron chi connectivity index (χ1n) is 16.1. The molecule has 0 N–H and O–H groups in total. The van der Waals surface area contributed by atoms with E-state index in [4.69, 9.17) is 40.0 Å². The summed E-state index contributed by atoms with van der Waals surface area (Å²) < 4.78 is 36.0. The first-order valence-corrected chi connectivity index (χ1v) is 16.7. The zero-order valence-corrected chi connectivity index (χ0v) is 30.5. The van der Waals surface area contributed by atoms with Crippen LogP contribution >= 0.6 is 11.6 Å². The fourth-order valence-electron chi connectivity index (χ4n) is 3.93. The largest absolute Gasteiger partial charge is 0.462 e. The summed E-state index contributed by atoms with van der Waals surface area (Å²) in [7, 11) is 0. The molecule has 0 amide bonds. The smallest absolute Gasteiger partial charge is 0.311 e. The zero-order valence-electron chi connectivity index (χ0n) is 29.7. The predicted octanol–water partition coefficient (Wildman–Crippen LogP) is 6.77. The molecule has 0 radical (unpaired) electrons. The molecule has 10 nitrogen and oxygen atoms in total. The lowest BCUT2D eigenvalue weighted by Gasteiger charge is -2.45. The summed E-state index contributed by atoms with van der Waals surface area (Å²) in [6.45, 7) is 20.3. The van der Waals surface area contributed by atoms with E-state index in [0.29, 0.717) is 12.3 Å². The monoisotopic (exact) mass is 662 g/mol. The number of hydrogen-bond acceptors (Lipinski definition) is 10. The Balaban J connectivity index is 3.53. The van der Waals surface area contributed by atoms with Crippen molar-refractivity contribution in [1.29, 1.82) is 0 Å². The van der Waals surface area contributed by atoms with E-state index < -0.39 is 76.2 Å². The zero-order chi connectivity index (χ0) is 34.8. The van der Waals surface area contributed by atoms with Gasteiger partial charge in [-0.15, -0.1) is 11.6 Å². The lowest BCUT2D eigenvalue weighted by molar-refractivity contribution is -0.312. The van der Waals surface area contributed by atoms with E-state index in [2.05, 4.69) is 0 Å². The third-order valence-electron chi connectivity index (χ3n) is 6.96. The minimum Gasteiger partial charge on any atom is -0.462 e. The number of carbonyl (C=O) groups excluding carboxylic acids is 4. The van der Waals surface area contributed by atoms with Crippen LogP contribution in [0.3, 0.4) is 0 Å². The Morgan fingerprint density at radius 1 is 0.556 bits per heavy atom. The van der Waals surface area contributed by atoms with Gasteiger partial charge in [0.2, 0.25) is 0 Å². The van der Waals surface area contributed by atoms with E-state index >= 15 is 0 Å². The molecule has 0 bridgehead atoms. The maximum absolute atomic E-state index is 13.3. The van der Waals surface area contributed by atoms with Gasteiger partial charge in [0.05, 0.1) is 21.7 Å². The quantitative estimate of drug-likeness (QED) is 0.0852. The van der Waals surface area contributed by atoms with Crippen LogP contribution in [-0.4, -0.2) is 73.7 Å². The number of esters is 4. The topological polar surface area (TPSA) is 124 Å². The summed E-state index contributed by atoms with van der Waals surface area (Å²) in [6, 6.07) is 0. The van der Waals surface area contributed by atoms with Crippen molar-refractivity contribution in [3.8, 4) is 0 Å². The number of carbonyl (C=O) groups is 4. The molecule has 0 aliphatic carbocycles. The molecule has 1 saturated heterocycles. The van der Waals surface area contributed by atoms with Gasteiger partial charge in [0.15, 0.2) is 24.6 Å². The lowest BCUT2D eigenvalue weighted by atomic mass is 9.93. The van der Waals surface area contributed by atoms with Crippen LogP contribution in [0, 0.1) is 21.7 Å². The normalized spacial score (nSPS) is 22.8. The number of alkyl halides is 1. The highest BCUT2D eigenvalue weighted by Crippen LogP contribution is 2.34. The fraction of sp³-hybridized carbons (Fsp3) is 0.882. The second kappa shape index (κ2) is 17.3. The van der Waals surface area contributed by atoms with Crippen LogP contribution in [0.2, 0.25) is 0 Å². The summed E-state index contributed by atoms with van der Waals surface area (Å²) in [4.78, 5) is 52.6. The van der Waals surface area contributed by atoms with Crippen molar-refractivity contribution < 1.29 is 47.6 Å². The second-order valence-corrected chi connectivity index (χ2v) is 16.3. The Kier molecular flexibility index (Phi) is 15.8. The highest BCUT2D eigenvalue weighted by atomic mass is 35.5. The highest BCUT2D eigenvalue weighted by Gasteiger charge is 2.55. The van der Waals surface area contributed by atoms with Crippen LogP contribution in [0.5, 0.6) is 0 Å². The van der Waals surface area contributed by atoms with Crippen LogP contribution in [-0.2, 0) is 47.6 Å². The third-order valence-corrected chi connectivity index (χ3v) is 7.23. The molecule has 1 aliphatic heterocycles. The SMILES string of the molecule is CC(C)(C)C(=O)OC[C@H]1O[C@@H](OCCCCCCCCCl)[C@H](OC(=O)C(C)(C)C)[C@@H](OC(=O)C(C)(C)C)[C@H]1OC(=O)C(C)(C)C. The minimum absolute atomic E-state index is 0.268. The van der Waals surface area contributed by atoms with E-state index in [1.807, 2.05) is 0 Å². The number of hydrogen-bond donors (Lipinski definition) is 0. The lowest BCUT2D eigenvalue weighted by Crippen LogP contribution is -2.64. The van der Waals surface area contributed by atoms with E-state index in [1.54, 1.807) is 83.1 Å². The van der Waals surface area contributed by atoms with Crippen LogP contribution in [0.1, 0.15) is 122 Å². The van der Waals surface area contributed by atoms with Crippen LogP contribution < -0.4 is 0 Å². The minimum atomic E-state index is -1.32. The molecule has 262 valence electrons. The summed E-state index contributed by atoms with van der Waals surface area (Å²) in [5, 5.41) is 0. The van der Waals surface area contributed by atoms with E-state index in [-0.39, 0.29) is 13.2 Å². The number of halogens is 1. The third kappa shape index (κ3) is 14.2. The number of unbranched alkanes of at least 4 members (excludes halogenated alkanes) is 5. The maximum atomic E-state index is 13.3. The molecule has 0 aromatic carbocycles. The first kappa shape index (κ1) is 41.1. The van der Waals surface area contributed by atoms with Gasteiger partial charge in [-0.3, -0.25) is 19.2 Å². The molecule has 0 aromatic heterocycles. The average molecular weight is 663 g/mol. The van der Waals surface area contributed by atoms with E-state index in [0.717, 1.165) is 32.1 Å². The van der Waals surface area contributed by atoms with Gasteiger partial charge in [0, 0.05) is 12.5 Å². The summed E-state index contributed by atoms with van der Waals surface area (Å²) in [6.07, 6.45) is -0.449. The van der Waals surface area contributed by atoms with E-state index in [1.165, 1.54) is 0 Å². The van der Waals surface area contributed by atoms with Crippen molar-refractivity contribution in [2.75, 3.05) is 19.1 Å². The molecule has 0 saturated carbocycles. The summed E-state index contributed by atoms with van der Waals surface area (Å²) in [5.41, 5.74) is -3.60. The van der Waals surface area contributed by atoms with Gasteiger partial charge in [-0.1, -0.05) is 25.7 Å². The van der Waals surface area contributed by atoms with Crippen molar-refractivity contribution in [2.45, 2.75) is 152 Å². The second-order valence-electron chi connectivity index (χ2n) is 15.9. The summed E-state index contributed by atoms with van der Waals surface area (Å²) in [5.74, 6) is -1.64. The van der Waals surface area contributed by atoms with Crippen LogP contribution in [0.15, 0.2) is 0 Å². The molecule has 0 spiro atoms. The molecular weight excluding hydrogens is 604 g/mol. The molecular formula is C34H59ClO10. The summed E-state index contributed by atoms with van der Waals surface area (Å²) >= 11 is 5.77. The van der Waals surface area contributed by atoms with Crippen molar-refractivity contribution in [3.05, 3.63) is 0 Å². The van der Waals surface area contributed by atoms with E-state index in [9.17, 15) is 19.2 Å². The Labute approximate surface area is 275 Å². The Morgan fingerprint density at radius 2 is 0.956 bits per heavy atom. The maximum Gasteiger partial charge on any atom is 0.311 e. The molecule has 1 fully saturated rings. The van der Waals surface area contributed by atoms with Crippen molar-refractivity contribution >= 4 is 35.5 Å². The van der Waals surface area contributed by atoms with Crippen LogP contribution in [0.4, 0.5) is 0 Å². The molecule has 1 heterocycles. The van der Waals surface area contributed by atoms with Gasteiger partial charge in [0.1, 0.15) is 12.7 Å². The first-order chi connectivity index (χ1) is 20.5. The number of ether oxygens (including phenoxy) is 6. The average Bonchev–Trinajstić information content (AvgIpc) is 2.89. The molecule has 1 aliphatic rings. The molecule has 45 heavy (non-hydrogen) atoms. The Morgan fingerprint density at radius 3 is 1.40 bits per heavy atom. The number of rotatable bonds is 14. The molecule has 0 unspecified atom stereocenters. The highest BCUT2D eigenvalue weighted by molar-refractivity contribution is 6.17. The fourth-order valence-corrected chi connectivity index (χ4v) is 4.12. The van der Waals surface area contributed by atoms with Crippen LogP contribution in [0.25, 0.3) is 0 Å². The van der Waals surface area contributed by atoms with Gasteiger partial charge < -0.3 is 28.4 Å². The van der Waals surface area contributed by atoms with Crippen molar-refractivity contribution in [1.82, 2.24) is 0 Å². The van der Waals surface area contributed by atoms with Gasteiger partial charge in [-0.05, 0) is 95.9 Å².